The summed E-state index contributed by atoms with van der Waals surface area (Å²) in [5, 5.41) is 3.43. The van der Waals surface area contributed by atoms with Crippen LogP contribution in [0, 0.1) is 0 Å². The van der Waals surface area contributed by atoms with E-state index < -0.39 is 0 Å². The zero-order valence-electron chi connectivity index (χ0n) is 15.7. The molecule has 0 spiro atoms. The van der Waals surface area contributed by atoms with Crippen molar-refractivity contribution in [2.45, 2.75) is 51.5 Å². The van der Waals surface area contributed by atoms with E-state index in [4.69, 9.17) is 0 Å². The summed E-state index contributed by atoms with van der Waals surface area (Å²) >= 11 is 0. The van der Waals surface area contributed by atoms with Crippen molar-refractivity contribution in [2.24, 2.45) is 0 Å². The van der Waals surface area contributed by atoms with Crippen molar-refractivity contribution in [2.75, 3.05) is 18.4 Å². The van der Waals surface area contributed by atoms with Crippen LogP contribution in [0.5, 0.6) is 0 Å². The van der Waals surface area contributed by atoms with Crippen molar-refractivity contribution in [1.29, 1.82) is 0 Å². The van der Waals surface area contributed by atoms with Crippen LogP contribution in [0.4, 0.5) is 5.69 Å². The highest BCUT2D eigenvalue weighted by Crippen LogP contribution is 2.22. The number of pyridine rings is 1. The minimum absolute atomic E-state index is 0.0736. The molecule has 1 atom stereocenters. The van der Waals surface area contributed by atoms with E-state index in [-0.39, 0.29) is 5.91 Å². The molecular formula is C22H29N3O. The number of hydrogen-bond acceptors (Lipinski definition) is 3. The van der Waals surface area contributed by atoms with Crippen LogP contribution in [0.15, 0.2) is 48.7 Å². The Hall–Kier alpha value is -2.36. The van der Waals surface area contributed by atoms with Gasteiger partial charge in [-0.1, -0.05) is 37.3 Å². The van der Waals surface area contributed by atoms with Gasteiger partial charge in [-0.25, -0.2) is 0 Å². The quantitative estimate of drug-likeness (QED) is 0.745. The second kappa shape index (κ2) is 9.37. The number of piperidine rings is 1. The van der Waals surface area contributed by atoms with Gasteiger partial charge in [0.25, 0.3) is 5.91 Å². The molecule has 4 heteroatoms. The first kappa shape index (κ1) is 18.4. The first-order valence-corrected chi connectivity index (χ1v) is 9.82. The molecule has 1 saturated heterocycles. The number of amides is 1. The number of carbonyl (C=O) groups excluding carboxylic acids is 1. The summed E-state index contributed by atoms with van der Waals surface area (Å²) < 4.78 is 0. The number of benzene rings is 1. The number of nitrogens with zero attached hydrogens (tertiary/aromatic N) is 2. The molecular weight excluding hydrogens is 322 g/mol. The van der Waals surface area contributed by atoms with Crippen LogP contribution in [-0.2, 0) is 6.42 Å². The van der Waals surface area contributed by atoms with Crippen molar-refractivity contribution in [3.63, 3.8) is 0 Å². The zero-order valence-corrected chi connectivity index (χ0v) is 15.7. The number of aryl methyl sites for hydroxylation is 1. The predicted octanol–water partition coefficient (Wildman–Crippen LogP) is 4.53. The van der Waals surface area contributed by atoms with Gasteiger partial charge < -0.3 is 10.2 Å². The second-order valence-electron chi connectivity index (χ2n) is 7.00. The Kier molecular flexibility index (Phi) is 6.64. The summed E-state index contributed by atoms with van der Waals surface area (Å²) in [5.41, 5.74) is 2.88. The molecule has 0 saturated carbocycles. The average molecular weight is 351 g/mol. The summed E-state index contributed by atoms with van der Waals surface area (Å²) in [4.78, 5) is 19.2. The van der Waals surface area contributed by atoms with Gasteiger partial charge in [-0.3, -0.25) is 9.78 Å². The van der Waals surface area contributed by atoms with Gasteiger partial charge in [0.05, 0.1) is 0 Å². The van der Waals surface area contributed by atoms with E-state index in [1.165, 1.54) is 12.0 Å². The minimum atomic E-state index is 0.0736. The van der Waals surface area contributed by atoms with Gasteiger partial charge in [0.15, 0.2) is 0 Å². The molecule has 1 fully saturated rings. The maximum Gasteiger partial charge on any atom is 0.272 e. The van der Waals surface area contributed by atoms with Crippen molar-refractivity contribution in [1.82, 2.24) is 9.88 Å². The molecule has 26 heavy (non-hydrogen) atoms. The molecule has 4 nitrogen and oxygen atoms in total. The number of hydrogen-bond donors (Lipinski definition) is 1. The monoisotopic (exact) mass is 351 g/mol. The third-order valence-corrected chi connectivity index (χ3v) is 5.15. The number of anilines is 1. The van der Waals surface area contributed by atoms with Gasteiger partial charge in [-0.15, -0.1) is 0 Å². The summed E-state index contributed by atoms with van der Waals surface area (Å²) in [7, 11) is 0. The Labute approximate surface area is 156 Å². The van der Waals surface area contributed by atoms with Gasteiger partial charge in [0.1, 0.15) is 5.69 Å². The first-order chi connectivity index (χ1) is 12.8. The maximum atomic E-state index is 12.9. The molecule has 0 radical (unpaired) electrons. The lowest BCUT2D eigenvalue weighted by Crippen LogP contribution is -2.43. The molecule has 1 amide bonds. The molecule has 1 aromatic heterocycles. The van der Waals surface area contributed by atoms with Gasteiger partial charge in [-0.2, -0.15) is 0 Å². The van der Waals surface area contributed by atoms with Crippen molar-refractivity contribution < 1.29 is 4.79 Å². The lowest BCUT2D eigenvalue weighted by atomic mass is 9.99. The highest BCUT2D eigenvalue weighted by atomic mass is 16.2. The fourth-order valence-electron chi connectivity index (χ4n) is 3.67. The van der Waals surface area contributed by atoms with Crippen molar-refractivity contribution >= 4 is 11.6 Å². The number of likely N-dealkylation sites (tertiary alicyclic amines) is 1. The maximum absolute atomic E-state index is 12.9. The molecule has 1 unspecified atom stereocenters. The largest absolute Gasteiger partial charge is 0.385 e. The van der Waals surface area contributed by atoms with E-state index in [1.807, 2.05) is 23.1 Å². The molecule has 1 aliphatic rings. The highest BCUT2D eigenvalue weighted by molar-refractivity contribution is 5.93. The van der Waals surface area contributed by atoms with Gasteiger partial charge in [-0.05, 0) is 56.2 Å². The van der Waals surface area contributed by atoms with Gasteiger partial charge in [0.2, 0.25) is 0 Å². The van der Waals surface area contributed by atoms with Gasteiger partial charge in [0, 0.05) is 31.0 Å². The fourth-order valence-corrected chi connectivity index (χ4v) is 3.67. The molecule has 2 aromatic rings. The standard InChI is InChI=1S/C22H29N3O/c1-2-20-12-6-7-16-25(20)22(26)21-17-19(13-15-24-21)23-14-8-11-18-9-4-3-5-10-18/h3-5,9-10,13,15,17,20H,2,6-8,11-12,14,16H2,1H3,(H,23,24). The summed E-state index contributed by atoms with van der Waals surface area (Å²) in [6.45, 7) is 3.90. The lowest BCUT2D eigenvalue weighted by molar-refractivity contribution is 0.0602. The Balaban J connectivity index is 1.54. The SMILES string of the molecule is CCC1CCCCN1C(=O)c1cc(NCCCc2ccccc2)ccn1. The average Bonchev–Trinajstić information content (AvgIpc) is 2.71. The lowest BCUT2D eigenvalue weighted by Gasteiger charge is -2.35. The molecule has 1 aliphatic heterocycles. The van der Waals surface area contributed by atoms with Crippen molar-refractivity contribution in [3.8, 4) is 0 Å². The number of nitrogens with one attached hydrogen (secondary N) is 1. The molecule has 1 N–H and O–H groups in total. The molecule has 1 aromatic carbocycles. The van der Waals surface area contributed by atoms with Crippen molar-refractivity contribution in [3.05, 3.63) is 59.9 Å². The second-order valence-corrected chi connectivity index (χ2v) is 7.00. The Bertz CT molecular complexity index is 702. The summed E-state index contributed by atoms with van der Waals surface area (Å²) in [5.74, 6) is 0.0736. The first-order valence-electron chi connectivity index (χ1n) is 9.82. The van der Waals surface area contributed by atoms with Crippen LogP contribution in [0.2, 0.25) is 0 Å². The molecule has 0 bridgehead atoms. The topological polar surface area (TPSA) is 45.2 Å². The predicted molar refractivity (Wildman–Crippen MR) is 106 cm³/mol. The van der Waals surface area contributed by atoms with E-state index in [9.17, 15) is 4.79 Å². The molecule has 2 heterocycles. The molecule has 0 aliphatic carbocycles. The third-order valence-electron chi connectivity index (χ3n) is 5.15. The van der Waals surface area contributed by atoms with Crippen LogP contribution in [0.3, 0.4) is 0 Å². The molecule has 3 rings (SSSR count). The highest BCUT2D eigenvalue weighted by Gasteiger charge is 2.26. The van der Waals surface area contributed by atoms with Crippen LogP contribution < -0.4 is 5.32 Å². The van der Waals surface area contributed by atoms with Gasteiger partial charge >= 0.3 is 0 Å². The summed E-state index contributed by atoms with van der Waals surface area (Å²) in [6, 6.07) is 14.7. The smallest absolute Gasteiger partial charge is 0.272 e. The minimum Gasteiger partial charge on any atom is -0.385 e. The Morgan fingerprint density at radius 2 is 2.08 bits per heavy atom. The van der Waals surface area contributed by atoms with E-state index >= 15 is 0 Å². The fraction of sp³-hybridized carbons (Fsp3) is 0.455. The molecule has 138 valence electrons. The van der Waals surface area contributed by atoms with Crippen LogP contribution in [0.1, 0.15) is 55.1 Å². The van der Waals surface area contributed by atoms with Crippen LogP contribution in [-0.4, -0.2) is 34.9 Å². The number of rotatable bonds is 7. The number of aromatic nitrogens is 1. The van der Waals surface area contributed by atoms with Crippen LogP contribution in [0.25, 0.3) is 0 Å². The Morgan fingerprint density at radius 1 is 1.23 bits per heavy atom. The normalized spacial score (nSPS) is 17.1. The van der Waals surface area contributed by atoms with E-state index in [2.05, 4.69) is 41.5 Å². The van der Waals surface area contributed by atoms with Crippen LogP contribution >= 0.6 is 0 Å². The van der Waals surface area contributed by atoms with E-state index in [0.717, 1.165) is 50.9 Å². The van der Waals surface area contributed by atoms with E-state index in [0.29, 0.717) is 11.7 Å². The third kappa shape index (κ3) is 4.84. The van der Waals surface area contributed by atoms with E-state index in [1.54, 1.807) is 6.20 Å². The summed E-state index contributed by atoms with van der Waals surface area (Å²) in [6.07, 6.45) is 8.29. The number of carbonyl (C=O) groups is 1. The zero-order chi connectivity index (χ0) is 18.2. The Morgan fingerprint density at radius 3 is 2.88 bits per heavy atom.